The maximum atomic E-state index is 4.53. The Labute approximate surface area is 114 Å². The largest absolute Gasteiger partial charge is 0.317 e. The molecule has 2 N–H and O–H groups in total. The van der Waals surface area contributed by atoms with E-state index < -0.39 is 0 Å². The molecule has 1 aromatic heterocycles. The van der Waals surface area contributed by atoms with Crippen molar-refractivity contribution in [2.75, 3.05) is 19.6 Å². The molecule has 1 fully saturated rings. The van der Waals surface area contributed by atoms with Gasteiger partial charge in [-0.15, -0.1) is 11.3 Å². The minimum absolute atomic E-state index is 0.400. The first kappa shape index (κ1) is 14.0. The van der Waals surface area contributed by atoms with Crippen LogP contribution in [0.4, 0.5) is 0 Å². The normalized spacial score (nSPS) is 19.0. The molecule has 0 bridgehead atoms. The molecule has 0 amide bonds. The Bertz CT molecular complexity index is 345. The Hall–Kier alpha value is -0.450. The van der Waals surface area contributed by atoms with E-state index in [1.54, 1.807) is 11.3 Å². The molecule has 0 radical (unpaired) electrons. The molecular formula is C14H25N3S. The quantitative estimate of drug-likeness (QED) is 0.778. The lowest BCUT2D eigenvalue weighted by Crippen LogP contribution is -2.28. The minimum Gasteiger partial charge on any atom is -0.317 e. The molecule has 18 heavy (non-hydrogen) atoms. The van der Waals surface area contributed by atoms with Gasteiger partial charge in [0.15, 0.2) is 0 Å². The topological polar surface area (TPSA) is 37.0 Å². The lowest BCUT2D eigenvalue weighted by molar-refractivity contribution is 0.342. The van der Waals surface area contributed by atoms with Gasteiger partial charge in [-0.25, -0.2) is 4.98 Å². The Morgan fingerprint density at radius 1 is 1.50 bits per heavy atom. The average Bonchev–Trinajstić information content (AvgIpc) is 2.82. The SMILES string of the molecule is Cc1csc(C(C)NCCCC2CCNCC2)n1. The molecule has 0 spiro atoms. The molecule has 2 rings (SSSR count). The average molecular weight is 267 g/mol. The van der Waals surface area contributed by atoms with Gasteiger partial charge in [-0.2, -0.15) is 0 Å². The summed E-state index contributed by atoms with van der Waals surface area (Å²) in [6.07, 6.45) is 5.39. The van der Waals surface area contributed by atoms with Crippen molar-refractivity contribution in [3.8, 4) is 0 Å². The zero-order chi connectivity index (χ0) is 12.8. The van der Waals surface area contributed by atoms with Gasteiger partial charge in [0.2, 0.25) is 0 Å². The van der Waals surface area contributed by atoms with E-state index in [1.807, 2.05) is 0 Å². The van der Waals surface area contributed by atoms with Gasteiger partial charge in [-0.1, -0.05) is 0 Å². The summed E-state index contributed by atoms with van der Waals surface area (Å²) in [5.74, 6) is 0.950. The minimum atomic E-state index is 0.400. The maximum absolute atomic E-state index is 4.53. The molecule has 2 heterocycles. The van der Waals surface area contributed by atoms with Crippen molar-refractivity contribution in [3.05, 3.63) is 16.1 Å². The first-order valence-corrected chi connectivity index (χ1v) is 8.00. The van der Waals surface area contributed by atoms with Crippen molar-refractivity contribution in [2.45, 2.75) is 45.6 Å². The van der Waals surface area contributed by atoms with Crippen LogP contribution in [0.5, 0.6) is 0 Å². The Morgan fingerprint density at radius 2 is 2.28 bits per heavy atom. The van der Waals surface area contributed by atoms with E-state index in [9.17, 15) is 0 Å². The predicted molar refractivity (Wildman–Crippen MR) is 78.1 cm³/mol. The monoisotopic (exact) mass is 267 g/mol. The van der Waals surface area contributed by atoms with E-state index in [-0.39, 0.29) is 0 Å². The highest BCUT2D eigenvalue weighted by molar-refractivity contribution is 7.09. The number of aryl methyl sites for hydroxylation is 1. The molecule has 1 aromatic rings. The van der Waals surface area contributed by atoms with Crippen LogP contribution in [0, 0.1) is 12.8 Å². The Kier molecular flexibility index (Phi) is 5.60. The smallest absolute Gasteiger partial charge is 0.110 e. The van der Waals surface area contributed by atoms with Crippen molar-refractivity contribution < 1.29 is 0 Å². The summed E-state index contributed by atoms with van der Waals surface area (Å²) in [5, 5.41) is 10.4. The van der Waals surface area contributed by atoms with Crippen molar-refractivity contribution in [1.29, 1.82) is 0 Å². The number of rotatable bonds is 6. The predicted octanol–water partition coefficient (Wildman–Crippen LogP) is 2.88. The van der Waals surface area contributed by atoms with Crippen LogP contribution >= 0.6 is 11.3 Å². The van der Waals surface area contributed by atoms with Gasteiger partial charge in [-0.05, 0) is 65.1 Å². The fraction of sp³-hybridized carbons (Fsp3) is 0.786. The van der Waals surface area contributed by atoms with E-state index in [0.29, 0.717) is 6.04 Å². The molecule has 4 heteroatoms. The second-order valence-corrected chi connectivity index (χ2v) is 6.23. The molecule has 0 aliphatic carbocycles. The fourth-order valence-electron chi connectivity index (χ4n) is 2.54. The molecule has 1 saturated heterocycles. The summed E-state index contributed by atoms with van der Waals surface area (Å²) < 4.78 is 0. The number of hydrogen-bond acceptors (Lipinski definition) is 4. The third-order valence-electron chi connectivity index (χ3n) is 3.71. The third-order valence-corrected chi connectivity index (χ3v) is 4.85. The number of aromatic nitrogens is 1. The van der Waals surface area contributed by atoms with E-state index >= 15 is 0 Å². The van der Waals surface area contributed by atoms with Gasteiger partial charge in [0, 0.05) is 11.1 Å². The molecular weight excluding hydrogens is 242 g/mol. The Morgan fingerprint density at radius 3 is 2.94 bits per heavy atom. The van der Waals surface area contributed by atoms with Gasteiger partial charge in [0.25, 0.3) is 0 Å². The first-order valence-electron chi connectivity index (χ1n) is 7.12. The van der Waals surface area contributed by atoms with Gasteiger partial charge >= 0.3 is 0 Å². The number of nitrogens with one attached hydrogen (secondary N) is 2. The molecule has 1 aliphatic heterocycles. The van der Waals surface area contributed by atoms with Crippen LogP contribution in [-0.2, 0) is 0 Å². The lowest BCUT2D eigenvalue weighted by Gasteiger charge is -2.22. The Balaban J connectivity index is 1.60. The van der Waals surface area contributed by atoms with Crippen molar-refractivity contribution >= 4 is 11.3 Å². The zero-order valence-electron chi connectivity index (χ0n) is 11.5. The zero-order valence-corrected chi connectivity index (χ0v) is 12.4. The van der Waals surface area contributed by atoms with Crippen LogP contribution in [0.25, 0.3) is 0 Å². The summed E-state index contributed by atoms with van der Waals surface area (Å²) in [6.45, 7) is 7.82. The van der Waals surface area contributed by atoms with Gasteiger partial charge in [0.1, 0.15) is 5.01 Å². The molecule has 102 valence electrons. The van der Waals surface area contributed by atoms with Crippen molar-refractivity contribution in [3.63, 3.8) is 0 Å². The maximum Gasteiger partial charge on any atom is 0.110 e. The molecule has 3 nitrogen and oxygen atoms in total. The summed E-state index contributed by atoms with van der Waals surface area (Å²) >= 11 is 1.76. The number of hydrogen-bond donors (Lipinski definition) is 2. The standard InChI is InChI=1S/C14H25N3S/c1-11-10-18-14(17-11)12(2)16-7-3-4-13-5-8-15-9-6-13/h10,12-13,15-16H,3-9H2,1-2H3. The van der Waals surface area contributed by atoms with Crippen LogP contribution in [0.1, 0.15) is 49.4 Å². The molecule has 0 aromatic carbocycles. The van der Waals surface area contributed by atoms with Gasteiger partial charge < -0.3 is 10.6 Å². The van der Waals surface area contributed by atoms with E-state index in [4.69, 9.17) is 0 Å². The van der Waals surface area contributed by atoms with E-state index in [0.717, 1.165) is 18.2 Å². The summed E-state index contributed by atoms with van der Waals surface area (Å²) in [4.78, 5) is 4.53. The van der Waals surface area contributed by atoms with Crippen molar-refractivity contribution in [2.24, 2.45) is 5.92 Å². The first-order chi connectivity index (χ1) is 8.75. The number of nitrogens with zero attached hydrogens (tertiary/aromatic N) is 1. The fourth-order valence-corrected chi connectivity index (χ4v) is 3.37. The van der Waals surface area contributed by atoms with Crippen LogP contribution in [0.15, 0.2) is 5.38 Å². The highest BCUT2D eigenvalue weighted by Crippen LogP contribution is 2.19. The van der Waals surface area contributed by atoms with Gasteiger partial charge in [-0.3, -0.25) is 0 Å². The molecule has 1 unspecified atom stereocenters. The number of piperidine rings is 1. The van der Waals surface area contributed by atoms with E-state index in [2.05, 4.69) is 34.8 Å². The molecule has 1 atom stereocenters. The van der Waals surface area contributed by atoms with Crippen LogP contribution in [0.2, 0.25) is 0 Å². The number of thiazole rings is 1. The highest BCUT2D eigenvalue weighted by Gasteiger charge is 2.13. The molecule has 1 aliphatic rings. The summed E-state index contributed by atoms with van der Waals surface area (Å²) in [6, 6.07) is 0.400. The second kappa shape index (κ2) is 7.22. The third kappa shape index (κ3) is 4.34. The highest BCUT2D eigenvalue weighted by atomic mass is 32.1. The van der Waals surface area contributed by atoms with E-state index in [1.165, 1.54) is 43.8 Å². The van der Waals surface area contributed by atoms with Crippen LogP contribution in [-0.4, -0.2) is 24.6 Å². The lowest BCUT2D eigenvalue weighted by atomic mass is 9.93. The van der Waals surface area contributed by atoms with Crippen LogP contribution in [0.3, 0.4) is 0 Å². The second-order valence-electron chi connectivity index (χ2n) is 5.34. The summed E-state index contributed by atoms with van der Waals surface area (Å²) in [5.41, 5.74) is 1.14. The van der Waals surface area contributed by atoms with Crippen LogP contribution < -0.4 is 10.6 Å². The van der Waals surface area contributed by atoms with Crippen molar-refractivity contribution in [1.82, 2.24) is 15.6 Å². The molecule has 0 saturated carbocycles. The van der Waals surface area contributed by atoms with Gasteiger partial charge in [0.05, 0.1) is 6.04 Å². The summed E-state index contributed by atoms with van der Waals surface area (Å²) in [7, 11) is 0.